The van der Waals surface area contributed by atoms with E-state index in [1.165, 1.54) is 29.9 Å². The van der Waals surface area contributed by atoms with Crippen LogP contribution in [-0.4, -0.2) is 32.8 Å². The molecule has 1 aromatic carbocycles. The highest BCUT2D eigenvalue weighted by molar-refractivity contribution is 5.97. The van der Waals surface area contributed by atoms with Crippen LogP contribution in [0.4, 0.5) is 13.2 Å². The standard InChI is InChI=1S/C18H20F3N3O3/c1-10(2)7-15(17(26)27)23-16(25)14-9-22-24(11(14)3)13-6-4-5-12(8-13)18(19,20)21/h4-6,8-10,15H,7H2,1-3H3,(H,23,25)(H,26,27)/t15-/m0/s1. The number of hydrogen-bond acceptors (Lipinski definition) is 3. The summed E-state index contributed by atoms with van der Waals surface area (Å²) in [5.74, 6) is -1.74. The lowest BCUT2D eigenvalue weighted by Gasteiger charge is -2.16. The van der Waals surface area contributed by atoms with E-state index >= 15 is 0 Å². The van der Waals surface area contributed by atoms with Crippen LogP contribution in [0.15, 0.2) is 30.5 Å². The van der Waals surface area contributed by atoms with Crippen molar-refractivity contribution in [2.24, 2.45) is 5.92 Å². The van der Waals surface area contributed by atoms with E-state index in [9.17, 15) is 27.9 Å². The van der Waals surface area contributed by atoms with Crippen LogP contribution < -0.4 is 5.32 Å². The van der Waals surface area contributed by atoms with Crippen molar-refractivity contribution in [2.45, 2.75) is 39.4 Å². The van der Waals surface area contributed by atoms with Gasteiger partial charge in [-0.2, -0.15) is 18.3 Å². The minimum Gasteiger partial charge on any atom is -0.480 e. The number of nitrogens with one attached hydrogen (secondary N) is 1. The molecule has 146 valence electrons. The number of carboxylic acid groups (broad SMARTS) is 1. The summed E-state index contributed by atoms with van der Waals surface area (Å²) in [6, 6.07) is 3.51. The monoisotopic (exact) mass is 383 g/mol. The Morgan fingerprint density at radius 3 is 2.52 bits per heavy atom. The fourth-order valence-corrected chi connectivity index (χ4v) is 2.64. The second-order valence-corrected chi connectivity index (χ2v) is 6.60. The van der Waals surface area contributed by atoms with E-state index in [-0.39, 0.29) is 23.6 Å². The van der Waals surface area contributed by atoms with Gasteiger partial charge in [0.2, 0.25) is 0 Å². The molecule has 1 aromatic heterocycles. The van der Waals surface area contributed by atoms with Gasteiger partial charge in [-0.05, 0) is 37.5 Å². The number of alkyl halides is 3. The highest BCUT2D eigenvalue weighted by Gasteiger charge is 2.31. The summed E-state index contributed by atoms with van der Waals surface area (Å²) in [5.41, 5.74) is -0.273. The van der Waals surface area contributed by atoms with Crippen molar-refractivity contribution >= 4 is 11.9 Å². The molecule has 2 N–H and O–H groups in total. The third-order valence-corrected chi connectivity index (χ3v) is 3.98. The summed E-state index contributed by atoms with van der Waals surface area (Å²) < 4.78 is 39.9. The Morgan fingerprint density at radius 1 is 1.30 bits per heavy atom. The van der Waals surface area contributed by atoms with Gasteiger partial charge in [0.05, 0.1) is 28.7 Å². The molecule has 1 atom stereocenters. The van der Waals surface area contributed by atoms with Gasteiger partial charge in [0.15, 0.2) is 0 Å². The number of aromatic nitrogens is 2. The van der Waals surface area contributed by atoms with E-state index in [0.29, 0.717) is 5.69 Å². The SMILES string of the molecule is Cc1c(C(=O)N[C@@H](CC(C)C)C(=O)O)cnn1-c1cccc(C(F)(F)F)c1. The summed E-state index contributed by atoms with van der Waals surface area (Å²) in [4.78, 5) is 23.7. The lowest BCUT2D eigenvalue weighted by molar-refractivity contribution is -0.140. The van der Waals surface area contributed by atoms with Crippen molar-refractivity contribution in [3.63, 3.8) is 0 Å². The fraction of sp³-hybridized carbons (Fsp3) is 0.389. The summed E-state index contributed by atoms with van der Waals surface area (Å²) in [6.45, 7) is 5.19. The van der Waals surface area contributed by atoms with Crippen LogP contribution in [-0.2, 0) is 11.0 Å². The number of halogens is 3. The Morgan fingerprint density at radius 2 is 1.96 bits per heavy atom. The Hall–Kier alpha value is -2.84. The van der Waals surface area contributed by atoms with Crippen LogP contribution in [0.25, 0.3) is 5.69 Å². The molecule has 27 heavy (non-hydrogen) atoms. The number of carbonyl (C=O) groups excluding carboxylic acids is 1. The average Bonchev–Trinajstić information content (AvgIpc) is 2.94. The van der Waals surface area contributed by atoms with Crippen LogP contribution in [0.3, 0.4) is 0 Å². The van der Waals surface area contributed by atoms with E-state index in [1.54, 1.807) is 0 Å². The molecule has 0 aliphatic carbocycles. The maximum atomic E-state index is 12.9. The number of benzene rings is 1. The summed E-state index contributed by atoms with van der Waals surface area (Å²) in [5, 5.41) is 15.7. The first-order chi connectivity index (χ1) is 12.5. The van der Waals surface area contributed by atoms with Gasteiger partial charge < -0.3 is 10.4 Å². The Bertz CT molecular complexity index is 844. The fourth-order valence-electron chi connectivity index (χ4n) is 2.64. The molecule has 2 rings (SSSR count). The summed E-state index contributed by atoms with van der Waals surface area (Å²) >= 11 is 0. The van der Waals surface area contributed by atoms with Crippen molar-refractivity contribution in [3.8, 4) is 5.69 Å². The van der Waals surface area contributed by atoms with Crippen molar-refractivity contribution in [1.82, 2.24) is 15.1 Å². The van der Waals surface area contributed by atoms with E-state index in [0.717, 1.165) is 12.1 Å². The third kappa shape index (κ3) is 4.87. The van der Waals surface area contributed by atoms with Gasteiger partial charge in [0, 0.05) is 0 Å². The lowest BCUT2D eigenvalue weighted by Crippen LogP contribution is -2.41. The predicted octanol–water partition coefficient (Wildman–Crippen LogP) is 3.43. The Balaban J connectivity index is 2.29. The minimum atomic E-state index is -4.50. The largest absolute Gasteiger partial charge is 0.480 e. The molecule has 0 aliphatic heterocycles. The minimum absolute atomic E-state index is 0.0559. The van der Waals surface area contributed by atoms with Crippen molar-refractivity contribution in [3.05, 3.63) is 47.3 Å². The zero-order chi connectivity index (χ0) is 20.4. The van der Waals surface area contributed by atoms with Crippen molar-refractivity contribution in [1.29, 1.82) is 0 Å². The molecule has 1 heterocycles. The molecule has 0 spiro atoms. The van der Waals surface area contributed by atoms with Crippen LogP contribution in [0.2, 0.25) is 0 Å². The average molecular weight is 383 g/mol. The number of hydrogen-bond donors (Lipinski definition) is 2. The number of aliphatic carboxylic acids is 1. The zero-order valence-electron chi connectivity index (χ0n) is 15.0. The molecule has 6 nitrogen and oxygen atoms in total. The highest BCUT2D eigenvalue weighted by atomic mass is 19.4. The van der Waals surface area contributed by atoms with Crippen LogP contribution >= 0.6 is 0 Å². The molecule has 0 saturated heterocycles. The second kappa shape index (κ2) is 7.81. The lowest BCUT2D eigenvalue weighted by atomic mass is 10.0. The molecule has 0 unspecified atom stereocenters. The van der Waals surface area contributed by atoms with Crippen molar-refractivity contribution in [2.75, 3.05) is 0 Å². The van der Waals surface area contributed by atoms with E-state index < -0.39 is 29.7 Å². The first kappa shape index (κ1) is 20.5. The van der Waals surface area contributed by atoms with Gasteiger partial charge in [0.1, 0.15) is 6.04 Å². The number of rotatable bonds is 6. The number of amides is 1. The van der Waals surface area contributed by atoms with Crippen LogP contribution in [0.5, 0.6) is 0 Å². The van der Waals surface area contributed by atoms with Crippen molar-refractivity contribution < 1.29 is 27.9 Å². The number of carbonyl (C=O) groups is 2. The molecule has 0 radical (unpaired) electrons. The van der Waals surface area contributed by atoms with Crippen LogP contribution in [0, 0.1) is 12.8 Å². The van der Waals surface area contributed by atoms with Gasteiger partial charge in [-0.25, -0.2) is 9.48 Å². The molecule has 1 amide bonds. The number of nitrogens with zero attached hydrogens (tertiary/aromatic N) is 2. The second-order valence-electron chi connectivity index (χ2n) is 6.60. The quantitative estimate of drug-likeness (QED) is 0.801. The molecular weight excluding hydrogens is 363 g/mol. The van der Waals surface area contributed by atoms with Crippen LogP contribution in [0.1, 0.15) is 41.9 Å². The first-order valence-electron chi connectivity index (χ1n) is 8.26. The molecule has 0 aliphatic rings. The number of carboxylic acids is 1. The molecular formula is C18H20F3N3O3. The smallest absolute Gasteiger partial charge is 0.416 e. The van der Waals surface area contributed by atoms with Gasteiger partial charge in [-0.1, -0.05) is 19.9 Å². The summed E-state index contributed by atoms with van der Waals surface area (Å²) in [6.07, 6.45) is -3.04. The maximum absolute atomic E-state index is 12.9. The maximum Gasteiger partial charge on any atom is 0.416 e. The summed E-state index contributed by atoms with van der Waals surface area (Å²) in [7, 11) is 0. The van der Waals surface area contributed by atoms with Gasteiger partial charge in [-0.3, -0.25) is 4.79 Å². The molecule has 0 bridgehead atoms. The van der Waals surface area contributed by atoms with Gasteiger partial charge >= 0.3 is 12.1 Å². The molecule has 9 heteroatoms. The predicted molar refractivity (Wildman–Crippen MR) is 91.6 cm³/mol. The van der Waals surface area contributed by atoms with E-state index in [4.69, 9.17) is 0 Å². The van der Waals surface area contributed by atoms with Gasteiger partial charge in [-0.15, -0.1) is 0 Å². The normalized spacial score (nSPS) is 12.9. The first-order valence-corrected chi connectivity index (χ1v) is 8.26. The topological polar surface area (TPSA) is 84.2 Å². The molecule has 0 fully saturated rings. The molecule has 2 aromatic rings. The van der Waals surface area contributed by atoms with E-state index in [2.05, 4.69) is 10.4 Å². The van der Waals surface area contributed by atoms with Gasteiger partial charge in [0.25, 0.3) is 5.91 Å². The third-order valence-electron chi connectivity index (χ3n) is 3.98. The Labute approximate surface area is 154 Å². The zero-order valence-corrected chi connectivity index (χ0v) is 15.0. The van der Waals surface area contributed by atoms with E-state index in [1.807, 2.05) is 13.8 Å². The highest BCUT2D eigenvalue weighted by Crippen LogP contribution is 2.30. The Kier molecular flexibility index (Phi) is 5.92. The molecule has 0 saturated carbocycles.